The molecule has 0 bridgehead atoms. The van der Waals surface area contributed by atoms with Crippen molar-refractivity contribution in [3.63, 3.8) is 0 Å². The van der Waals surface area contributed by atoms with Gasteiger partial charge in [-0.1, -0.05) is 12.1 Å². The maximum Gasteiger partial charge on any atom is 0.421 e. The topological polar surface area (TPSA) is 46.5 Å². The highest BCUT2D eigenvalue weighted by Crippen LogP contribution is 2.38. The summed E-state index contributed by atoms with van der Waals surface area (Å²) in [5.41, 5.74) is -3.44. The summed E-state index contributed by atoms with van der Waals surface area (Å²) < 4.78 is 42.6. The highest BCUT2D eigenvalue weighted by molar-refractivity contribution is 5.89. The number of halogens is 3. The summed E-state index contributed by atoms with van der Waals surface area (Å²) >= 11 is 0. The number of carbonyl (C=O) groups excluding carboxylic acids is 1. The lowest BCUT2D eigenvalue weighted by molar-refractivity contribution is -0.258. The van der Waals surface area contributed by atoms with E-state index in [0.29, 0.717) is 6.92 Å². The minimum Gasteiger partial charge on any atom is -0.462 e. The minimum atomic E-state index is -4.82. The van der Waals surface area contributed by atoms with Crippen LogP contribution in [-0.4, -0.2) is 23.9 Å². The van der Waals surface area contributed by atoms with E-state index in [1.54, 1.807) is 6.92 Å². The molecule has 1 aromatic rings. The summed E-state index contributed by atoms with van der Waals surface area (Å²) in [5.74, 6) is -0.725. The van der Waals surface area contributed by atoms with Gasteiger partial charge in [0, 0.05) is 0 Å². The van der Waals surface area contributed by atoms with Crippen molar-refractivity contribution in [2.24, 2.45) is 0 Å². The van der Waals surface area contributed by atoms with Crippen LogP contribution >= 0.6 is 0 Å². The van der Waals surface area contributed by atoms with Gasteiger partial charge in [-0.15, -0.1) is 0 Å². The van der Waals surface area contributed by atoms with Gasteiger partial charge in [0.25, 0.3) is 0 Å². The van der Waals surface area contributed by atoms with Crippen molar-refractivity contribution in [3.8, 4) is 0 Å². The lowest BCUT2D eigenvalue weighted by Crippen LogP contribution is -2.39. The molecule has 0 aliphatic rings. The number of rotatable bonds is 3. The van der Waals surface area contributed by atoms with Crippen LogP contribution in [0.3, 0.4) is 0 Å². The Morgan fingerprint density at radius 1 is 1.39 bits per heavy atom. The van der Waals surface area contributed by atoms with Gasteiger partial charge in [0.05, 0.1) is 12.2 Å². The first-order valence-electron chi connectivity index (χ1n) is 5.27. The summed E-state index contributed by atoms with van der Waals surface area (Å²) in [6.07, 6.45) is -4.82. The van der Waals surface area contributed by atoms with Crippen molar-refractivity contribution in [2.45, 2.75) is 25.6 Å². The number of carbonyl (C=O) groups is 1. The fraction of sp³-hybridized carbons (Fsp3) is 0.417. The summed E-state index contributed by atoms with van der Waals surface area (Å²) in [4.78, 5) is 11.4. The molecule has 6 heteroatoms. The van der Waals surface area contributed by atoms with Gasteiger partial charge in [0.1, 0.15) is 0 Å². The van der Waals surface area contributed by atoms with E-state index in [-0.39, 0.29) is 12.2 Å². The first kappa shape index (κ1) is 14.5. The number of esters is 1. The zero-order valence-electron chi connectivity index (χ0n) is 9.91. The van der Waals surface area contributed by atoms with Crippen molar-refractivity contribution >= 4 is 5.97 Å². The molecule has 0 saturated heterocycles. The van der Waals surface area contributed by atoms with Crippen molar-refractivity contribution in [1.29, 1.82) is 0 Å². The standard InChI is InChI=1S/C12H13F3O3/c1-3-18-10(16)8-5-4-6-9(7-8)11(2,17)12(13,14)15/h4-7,17H,3H2,1-2H3. The molecule has 3 nitrogen and oxygen atoms in total. The smallest absolute Gasteiger partial charge is 0.421 e. The van der Waals surface area contributed by atoms with Crippen molar-refractivity contribution in [2.75, 3.05) is 6.61 Å². The van der Waals surface area contributed by atoms with Crippen molar-refractivity contribution < 1.29 is 27.8 Å². The van der Waals surface area contributed by atoms with Gasteiger partial charge in [0.2, 0.25) is 0 Å². The van der Waals surface area contributed by atoms with E-state index in [2.05, 4.69) is 4.74 Å². The quantitative estimate of drug-likeness (QED) is 0.852. The van der Waals surface area contributed by atoms with Gasteiger partial charge < -0.3 is 9.84 Å². The number of hydrogen-bond acceptors (Lipinski definition) is 3. The highest BCUT2D eigenvalue weighted by atomic mass is 19.4. The second kappa shape index (κ2) is 4.97. The molecule has 0 aromatic heterocycles. The molecular formula is C12H13F3O3. The Kier molecular flexibility index (Phi) is 4.01. The Bertz CT molecular complexity index is 438. The molecule has 18 heavy (non-hydrogen) atoms. The van der Waals surface area contributed by atoms with E-state index in [4.69, 9.17) is 0 Å². The van der Waals surface area contributed by atoms with Crippen LogP contribution in [0.2, 0.25) is 0 Å². The number of aliphatic hydroxyl groups is 1. The van der Waals surface area contributed by atoms with Crippen LogP contribution in [0.5, 0.6) is 0 Å². The van der Waals surface area contributed by atoms with E-state index >= 15 is 0 Å². The number of benzene rings is 1. The molecule has 0 saturated carbocycles. The first-order chi connectivity index (χ1) is 8.20. The van der Waals surface area contributed by atoms with Gasteiger partial charge in [-0.05, 0) is 31.5 Å². The monoisotopic (exact) mass is 262 g/mol. The fourth-order valence-corrected chi connectivity index (χ4v) is 1.33. The molecule has 1 atom stereocenters. The summed E-state index contributed by atoms with van der Waals surface area (Å²) in [6, 6.07) is 4.68. The Labute approximate surface area is 102 Å². The Morgan fingerprint density at radius 2 is 2.00 bits per heavy atom. The molecule has 1 unspecified atom stereocenters. The van der Waals surface area contributed by atoms with Gasteiger partial charge in [-0.25, -0.2) is 4.79 Å². The van der Waals surface area contributed by atoms with Crippen LogP contribution in [0.15, 0.2) is 24.3 Å². The number of alkyl halides is 3. The van der Waals surface area contributed by atoms with E-state index in [0.717, 1.165) is 12.1 Å². The fourth-order valence-electron chi connectivity index (χ4n) is 1.33. The predicted octanol–water partition coefficient (Wildman–Crippen LogP) is 2.63. The third-order valence-electron chi connectivity index (χ3n) is 2.49. The number of ether oxygens (including phenoxy) is 1. The molecule has 0 aliphatic heterocycles. The lowest BCUT2D eigenvalue weighted by atomic mass is 9.94. The lowest BCUT2D eigenvalue weighted by Gasteiger charge is -2.26. The van der Waals surface area contributed by atoms with Crippen molar-refractivity contribution in [3.05, 3.63) is 35.4 Å². The summed E-state index contributed by atoms with van der Waals surface area (Å²) in [7, 11) is 0. The molecule has 0 aliphatic carbocycles. The van der Waals surface area contributed by atoms with Gasteiger partial charge in [-0.3, -0.25) is 0 Å². The normalized spacial score (nSPS) is 15.0. The molecule has 1 aromatic carbocycles. The zero-order chi connectivity index (χ0) is 14.0. The Balaban J connectivity index is 3.13. The molecule has 0 heterocycles. The molecule has 1 N–H and O–H groups in total. The third-order valence-corrected chi connectivity index (χ3v) is 2.49. The molecule has 0 spiro atoms. The first-order valence-corrected chi connectivity index (χ1v) is 5.27. The Hall–Kier alpha value is -1.56. The largest absolute Gasteiger partial charge is 0.462 e. The van der Waals surface area contributed by atoms with Crippen LogP contribution < -0.4 is 0 Å². The second-order valence-corrected chi connectivity index (χ2v) is 3.87. The van der Waals surface area contributed by atoms with E-state index < -0.39 is 23.3 Å². The number of hydrogen-bond donors (Lipinski definition) is 1. The van der Waals surface area contributed by atoms with Crippen LogP contribution in [0.1, 0.15) is 29.8 Å². The van der Waals surface area contributed by atoms with Crippen LogP contribution in [0, 0.1) is 0 Å². The molecule has 0 amide bonds. The molecule has 1 rings (SSSR count). The van der Waals surface area contributed by atoms with Crippen LogP contribution in [0.25, 0.3) is 0 Å². The molecule has 100 valence electrons. The maximum atomic E-state index is 12.6. The van der Waals surface area contributed by atoms with Gasteiger partial charge in [0.15, 0.2) is 5.60 Å². The maximum absolute atomic E-state index is 12.6. The van der Waals surface area contributed by atoms with E-state index in [1.807, 2.05) is 0 Å². The summed E-state index contributed by atoms with van der Waals surface area (Å²) in [6.45, 7) is 2.35. The Morgan fingerprint density at radius 3 is 2.50 bits per heavy atom. The van der Waals surface area contributed by atoms with E-state index in [1.165, 1.54) is 12.1 Å². The molecule has 0 fully saturated rings. The van der Waals surface area contributed by atoms with Gasteiger partial charge >= 0.3 is 12.1 Å². The molecular weight excluding hydrogens is 249 g/mol. The molecule has 0 radical (unpaired) electrons. The van der Waals surface area contributed by atoms with Gasteiger partial charge in [-0.2, -0.15) is 13.2 Å². The third kappa shape index (κ3) is 2.81. The average molecular weight is 262 g/mol. The van der Waals surface area contributed by atoms with Crippen LogP contribution in [0.4, 0.5) is 13.2 Å². The second-order valence-electron chi connectivity index (χ2n) is 3.87. The predicted molar refractivity (Wildman–Crippen MR) is 58.0 cm³/mol. The zero-order valence-corrected chi connectivity index (χ0v) is 9.91. The minimum absolute atomic E-state index is 0.0288. The highest BCUT2D eigenvalue weighted by Gasteiger charge is 2.51. The van der Waals surface area contributed by atoms with Crippen LogP contribution in [-0.2, 0) is 10.3 Å². The van der Waals surface area contributed by atoms with Crippen molar-refractivity contribution in [1.82, 2.24) is 0 Å². The van der Waals surface area contributed by atoms with E-state index in [9.17, 15) is 23.1 Å². The average Bonchev–Trinajstić information content (AvgIpc) is 2.28. The summed E-state index contributed by atoms with van der Waals surface area (Å²) in [5, 5.41) is 9.48. The SMILES string of the molecule is CCOC(=O)c1cccc(C(C)(O)C(F)(F)F)c1.